The van der Waals surface area contributed by atoms with Crippen molar-refractivity contribution in [2.45, 2.75) is 19.3 Å². The molecule has 1 aliphatic heterocycles. The number of hydrogen-bond donors (Lipinski definition) is 2. The van der Waals surface area contributed by atoms with Crippen LogP contribution in [-0.2, 0) is 5.41 Å². The predicted octanol–water partition coefficient (Wildman–Crippen LogP) is 5.84. The maximum Gasteiger partial charge on any atom is 0.132 e. The van der Waals surface area contributed by atoms with Crippen LogP contribution in [0.1, 0.15) is 25.0 Å². The van der Waals surface area contributed by atoms with Gasteiger partial charge >= 0.3 is 0 Å². The van der Waals surface area contributed by atoms with Gasteiger partial charge in [-0.15, -0.1) is 0 Å². The Bertz CT molecular complexity index is 1110. The number of phenols is 2. The minimum atomic E-state index is -0.296. The van der Waals surface area contributed by atoms with Gasteiger partial charge in [0.05, 0.1) is 0 Å². The number of rotatable bonds is 0. The first kappa shape index (κ1) is 15.1. The predicted molar refractivity (Wildman–Crippen MR) is 103 cm³/mol. The van der Waals surface area contributed by atoms with Gasteiger partial charge in [-0.25, -0.2) is 0 Å². The highest BCUT2D eigenvalue weighted by Gasteiger charge is 2.37. The van der Waals surface area contributed by atoms with Gasteiger partial charge in [0.1, 0.15) is 23.0 Å². The number of ether oxygens (including phenoxy) is 1. The van der Waals surface area contributed by atoms with E-state index in [4.69, 9.17) is 4.74 Å². The van der Waals surface area contributed by atoms with Gasteiger partial charge in [-0.3, -0.25) is 0 Å². The summed E-state index contributed by atoms with van der Waals surface area (Å²) in [4.78, 5) is 0. The van der Waals surface area contributed by atoms with Crippen molar-refractivity contribution in [2.24, 2.45) is 0 Å². The summed E-state index contributed by atoms with van der Waals surface area (Å²) in [6, 6.07) is 18.8. The Kier molecular flexibility index (Phi) is 2.85. The van der Waals surface area contributed by atoms with Crippen molar-refractivity contribution in [3.05, 3.63) is 71.8 Å². The van der Waals surface area contributed by atoms with E-state index in [1.54, 1.807) is 24.3 Å². The molecule has 3 heteroatoms. The highest BCUT2D eigenvalue weighted by Crippen LogP contribution is 2.52. The smallest absolute Gasteiger partial charge is 0.132 e. The zero-order valence-corrected chi connectivity index (χ0v) is 14.6. The van der Waals surface area contributed by atoms with Crippen LogP contribution in [0.3, 0.4) is 0 Å². The quantitative estimate of drug-likeness (QED) is 0.422. The van der Waals surface area contributed by atoms with E-state index in [2.05, 4.69) is 13.8 Å². The molecule has 0 amide bonds. The molecule has 1 heterocycles. The van der Waals surface area contributed by atoms with Crippen molar-refractivity contribution in [2.75, 3.05) is 0 Å². The molecule has 4 aromatic carbocycles. The first-order valence-corrected chi connectivity index (χ1v) is 8.65. The fourth-order valence-corrected chi connectivity index (χ4v) is 4.30. The summed E-state index contributed by atoms with van der Waals surface area (Å²) in [7, 11) is 0. The lowest BCUT2D eigenvalue weighted by Gasteiger charge is -2.36. The molecule has 0 saturated carbocycles. The molecule has 0 atom stereocenters. The Morgan fingerprint density at radius 3 is 1.58 bits per heavy atom. The largest absolute Gasteiger partial charge is 0.508 e. The Morgan fingerprint density at radius 1 is 0.654 bits per heavy atom. The summed E-state index contributed by atoms with van der Waals surface area (Å²) in [6.45, 7) is 4.40. The third kappa shape index (κ3) is 1.94. The third-order valence-electron chi connectivity index (χ3n) is 5.40. The van der Waals surface area contributed by atoms with E-state index in [-0.39, 0.29) is 16.9 Å². The molecule has 0 fully saturated rings. The monoisotopic (exact) mass is 342 g/mol. The van der Waals surface area contributed by atoms with Crippen LogP contribution in [0.4, 0.5) is 0 Å². The molecule has 128 valence electrons. The Labute approximate surface area is 151 Å². The lowest BCUT2D eigenvalue weighted by atomic mass is 9.72. The second-order valence-electron chi connectivity index (χ2n) is 7.42. The SMILES string of the molecule is CC1(C)c2c(ccc3cc(O)ccc23)Oc2ccc3cc(O)ccc3c21. The summed E-state index contributed by atoms with van der Waals surface area (Å²) in [5, 5.41) is 23.8. The fourth-order valence-electron chi connectivity index (χ4n) is 4.30. The maximum absolute atomic E-state index is 9.83. The number of benzene rings is 4. The van der Waals surface area contributed by atoms with Crippen LogP contribution in [-0.4, -0.2) is 10.2 Å². The molecule has 0 bridgehead atoms. The molecule has 0 spiro atoms. The molecule has 0 aromatic heterocycles. The van der Waals surface area contributed by atoms with E-state index >= 15 is 0 Å². The Morgan fingerprint density at radius 2 is 1.12 bits per heavy atom. The first-order valence-electron chi connectivity index (χ1n) is 8.65. The molecule has 0 aliphatic carbocycles. The second kappa shape index (κ2) is 4.92. The topological polar surface area (TPSA) is 49.7 Å². The standard InChI is InChI=1S/C23H18O3/c1-23(2)21-17-7-5-15(24)11-13(17)3-9-19(21)26-20-10-4-14-12-16(25)6-8-18(14)22(20)23/h3-12,24-25H,1-2H3. The van der Waals surface area contributed by atoms with Gasteiger partial charge in [0.2, 0.25) is 0 Å². The minimum Gasteiger partial charge on any atom is -0.508 e. The van der Waals surface area contributed by atoms with Crippen LogP contribution in [0.25, 0.3) is 21.5 Å². The van der Waals surface area contributed by atoms with Gasteiger partial charge in [0.25, 0.3) is 0 Å². The normalized spacial score (nSPS) is 14.7. The molecule has 2 N–H and O–H groups in total. The molecular formula is C23H18O3. The zero-order valence-electron chi connectivity index (χ0n) is 14.6. The molecule has 0 saturated heterocycles. The van der Waals surface area contributed by atoms with E-state index < -0.39 is 0 Å². The maximum atomic E-state index is 9.83. The van der Waals surface area contributed by atoms with Crippen LogP contribution in [0.2, 0.25) is 0 Å². The Hall–Kier alpha value is -3.20. The summed E-state index contributed by atoms with van der Waals surface area (Å²) >= 11 is 0. The van der Waals surface area contributed by atoms with E-state index in [0.717, 1.165) is 44.2 Å². The van der Waals surface area contributed by atoms with Gasteiger partial charge in [-0.2, -0.15) is 0 Å². The van der Waals surface area contributed by atoms with E-state index in [0.29, 0.717) is 0 Å². The highest BCUT2D eigenvalue weighted by atomic mass is 16.5. The van der Waals surface area contributed by atoms with Crippen molar-refractivity contribution in [3.63, 3.8) is 0 Å². The number of hydrogen-bond acceptors (Lipinski definition) is 3. The van der Waals surface area contributed by atoms with Crippen LogP contribution in [0.15, 0.2) is 60.7 Å². The van der Waals surface area contributed by atoms with Crippen LogP contribution in [0.5, 0.6) is 23.0 Å². The second-order valence-corrected chi connectivity index (χ2v) is 7.42. The third-order valence-corrected chi connectivity index (χ3v) is 5.40. The van der Waals surface area contributed by atoms with Crippen molar-refractivity contribution in [3.8, 4) is 23.0 Å². The first-order chi connectivity index (χ1) is 12.4. The molecule has 3 nitrogen and oxygen atoms in total. The van der Waals surface area contributed by atoms with Gasteiger partial charge in [0.15, 0.2) is 0 Å². The zero-order chi connectivity index (χ0) is 18.1. The van der Waals surface area contributed by atoms with Gasteiger partial charge in [-0.05, 0) is 57.9 Å². The van der Waals surface area contributed by atoms with Crippen LogP contribution in [0, 0.1) is 0 Å². The average Bonchev–Trinajstić information content (AvgIpc) is 2.60. The molecule has 1 aliphatic rings. The molecule has 26 heavy (non-hydrogen) atoms. The van der Waals surface area contributed by atoms with Crippen molar-refractivity contribution in [1.82, 2.24) is 0 Å². The number of phenolic OH excluding ortho intramolecular Hbond substituents is 2. The van der Waals surface area contributed by atoms with Crippen LogP contribution < -0.4 is 4.74 Å². The fraction of sp³-hybridized carbons (Fsp3) is 0.130. The summed E-state index contributed by atoms with van der Waals surface area (Å²) in [5.74, 6) is 2.21. The van der Waals surface area contributed by atoms with Crippen molar-refractivity contribution >= 4 is 21.5 Å². The van der Waals surface area contributed by atoms with E-state index in [1.807, 2.05) is 36.4 Å². The van der Waals surface area contributed by atoms with Gasteiger partial charge < -0.3 is 14.9 Å². The van der Waals surface area contributed by atoms with E-state index in [1.165, 1.54) is 0 Å². The molecule has 0 unspecified atom stereocenters. The molecule has 0 radical (unpaired) electrons. The van der Waals surface area contributed by atoms with Crippen molar-refractivity contribution in [1.29, 1.82) is 0 Å². The van der Waals surface area contributed by atoms with Gasteiger partial charge in [-0.1, -0.05) is 38.1 Å². The minimum absolute atomic E-state index is 0.258. The lowest BCUT2D eigenvalue weighted by molar-refractivity contribution is 0.423. The summed E-state index contributed by atoms with van der Waals surface area (Å²) < 4.78 is 6.26. The number of fused-ring (bicyclic) bond motifs is 6. The highest BCUT2D eigenvalue weighted by molar-refractivity contribution is 5.95. The number of aromatic hydroxyl groups is 2. The summed E-state index contributed by atoms with van der Waals surface area (Å²) in [6.07, 6.45) is 0. The molecule has 5 rings (SSSR count). The van der Waals surface area contributed by atoms with Crippen LogP contribution >= 0.6 is 0 Å². The van der Waals surface area contributed by atoms with Crippen molar-refractivity contribution < 1.29 is 14.9 Å². The summed E-state index contributed by atoms with van der Waals surface area (Å²) in [5.41, 5.74) is 1.93. The van der Waals surface area contributed by atoms with E-state index in [9.17, 15) is 10.2 Å². The molecular weight excluding hydrogens is 324 g/mol. The average molecular weight is 342 g/mol. The Balaban J connectivity index is 1.88. The lowest BCUT2D eigenvalue weighted by Crippen LogP contribution is -2.25. The van der Waals surface area contributed by atoms with Gasteiger partial charge in [0, 0.05) is 16.5 Å². The molecule has 4 aromatic rings.